The summed E-state index contributed by atoms with van der Waals surface area (Å²) >= 11 is 0. The van der Waals surface area contributed by atoms with Gasteiger partial charge < -0.3 is 19.9 Å². The zero-order chi connectivity index (χ0) is 19.0. The summed E-state index contributed by atoms with van der Waals surface area (Å²) in [6, 6.07) is 8.53. The summed E-state index contributed by atoms with van der Waals surface area (Å²) in [4.78, 5) is 8.39. The second-order valence-corrected chi connectivity index (χ2v) is 7.45. The number of nitrogens with one attached hydrogen (secondary N) is 2. The summed E-state index contributed by atoms with van der Waals surface area (Å²) in [7, 11) is 3.53. The number of guanidine groups is 1. The van der Waals surface area contributed by atoms with E-state index < -0.39 is 0 Å². The average molecular weight is 358 g/mol. The van der Waals surface area contributed by atoms with Gasteiger partial charge in [0, 0.05) is 46.2 Å². The van der Waals surface area contributed by atoms with Crippen molar-refractivity contribution in [3.8, 4) is 0 Å². The van der Waals surface area contributed by atoms with Gasteiger partial charge in [-0.2, -0.15) is 0 Å². The molecule has 1 atom stereocenters. The Kier molecular flexibility index (Phi) is 7.21. The molecular weight excluding hydrogens is 326 g/mol. The van der Waals surface area contributed by atoms with Crippen molar-refractivity contribution in [3.05, 3.63) is 54.1 Å². The molecule has 1 aromatic heterocycles. The first-order valence-corrected chi connectivity index (χ1v) is 8.93. The maximum absolute atomic E-state index is 5.59. The number of aromatic nitrogens is 2. The molecule has 2 N–H and O–H groups in total. The normalized spacial score (nSPS) is 13.5. The van der Waals surface area contributed by atoms with Gasteiger partial charge in [0.15, 0.2) is 5.96 Å². The fourth-order valence-electron chi connectivity index (χ4n) is 2.77. The molecule has 1 heterocycles. The van der Waals surface area contributed by atoms with Crippen molar-refractivity contribution >= 4 is 5.96 Å². The van der Waals surface area contributed by atoms with Gasteiger partial charge in [-0.1, -0.05) is 45.0 Å². The Balaban J connectivity index is 1.88. The molecule has 6 heteroatoms. The van der Waals surface area contributed by atoms with Crippen LogP contribution >= 0.6 is 0 Å². The van der Waals surface area contributed by atoms with Crippen LogP contribution in [0.3, 0.4) is 0 Å². The van der Waals surface area contributed by atoms with Crippen LogP contribution in [0.5, 0.6) is 0 Å². The maximum Gasteiger partial charge on any atom is 0.191 e. The van der Waals surface area contributed by atoms with Crippen molar-refractivity contribution in [3.63, 3.8) is 0 Å². The lowest BCUT2D eigenvalue weighted by atomic mass is 9.89. The van der Waals surface area contributed by atoms with E-state index in [0.29, 0.717) is 13.1 Å². The van der Waals surface area contributed by atoms with Crippen molar-refractivity contribution in [2.45, 2.75) is 40.0 Å². The number of benzene rings is 1. The summed E-state index contributed by atoms with van der Waals surface area (Å²) in [5.41, 5.74) is 2.53. The van der Waals surface area contributed by atoms with E-state index in [9.17, 15) is 0 Å². The molecule has 0 aliphatic heterocycles. The zero-order valence-corrected chi connectivity index (χ0v) is 16.5. The Morgan fingerprint density at radius 2 is 2.04 bits per heavy atom. The van der Waals surface area contributed by atoms with Gasteiger partial charge in [-0.05, 0) is 16.5 Å². The molecule has 26 heavy (non-hydrogen) atoms. The van der Waals surface area contributed by atoms with Crippen LogP contribution in [0.2, 0.25) is 0 Å². The van der Waals surface area contributed by atoms with Crippen molar-refractivity contribution in [2.75, 3.05) is 20.7 Å². The van der Waals surface area contributed by atoms with E-state index in [4.69, 9.17) is 4.74 Å². The molecule has 0 fully saturated rings. The molecule has 2 rings (SSSR count). The second-order valence-electron chi connectivity index (χ2n) is 7.45. The predicted molar refractivity (Wildman–Crippen MR) is 106 cm³/mol. The molecule has 2 aromatic rings. The highest BCUT2D eigenvalue weighted by Gasteiger charge is 2.24. The Hall–Kier alpha value is -2.34. The van der Waals surface area contributed by atoms with Crippen molar-refractivity contribution in [1.29, 1.82) is 0 Å². The summed E-state index contributed by atoms with van der Waals surface area (Å²) in [5.74, 6) is 0.774. The molecule has 142 valence electrons. The summed E-state index contributed by atoms with van der Waals surface area (Å²) in [6.07, 6.45) is 5.71. The van der Waals surface area contributed by atoms with E-state index in [1.54, 1.807) is 20.4 Å². The highest BCUT2D eigenvalue weighted by molar-refractivity contribution is 5.79. The highest BCUT2D eigenvalue weighted by atomic mass is 16.5. The fourth-order valence-corrected chi connectivity index (χ4v) is 2.77. The lowest BCUT2D eigenvalue weighted by Crippen LogP contribution is -2.45. The third-order valence-corrected chi connectivity index (χ3v) is 4.30. The van der Waals surface area contributed by atoms with Gasteiger partial charge in [0.25, 0.3) is 0 Å². The van der Waals surface area contributed by atoms with Crippen LogP contribution in [0.25, 0.3) is 0 Å². The maximum atomic E-state index is 5.59. The Morgan fingerprint density at radius 1 is 1.27 bits per heavy atom. The largest absolute Gasteiger partial charge is 0.379 e. The molecule has 0 radical (unpaired) electrons. The first kappa shape index (κ1) is 20.0. The minimum Gasteiger partial charge on any atom is -0.379 e. The Morgan fingerprint density at radius 3 is 2.65 bits per heavy atom. The first-order chi connectivity index (χ1) is 12.4. The van der Waals surface area contributed by atoms with Gasteiger partial charge in [-0.25, -0.2) is 4.98 Å². The van der Waals surface area contributed by atoms with Crippen LogP contribution in [-0.4, -0.2) is 42.3 Å². The smallest absolute Gasteiger partial charge is 0.191 e. The number of nitrogens with zero attached hydrogens (tertiary/aromatic N) is 3. The molecule has 0 spiro atoms. The number of imidazole rings is 1. The van der Waals surface area contributed by atoms with E-state index in [2.05, 4.69) is 70.2 Å². The van der Waals surface area contributed by atoms with E-state index >= 15 is 0 Å². The minimum atomic E-state index is 0.0717. The Bertz CT molecular complexity index is 688. The molecule has 1 unspecified atom stereocenters. The van der Waals surface area contributed by atoms with Crippen LogP contribution in [0.4, 0.5) is 0 Å². The van der Waals surface area contributed by atoms with Crippen LogP contribution < -0.4 is 10.6 Å². The third kappa shape index (κ3) is 6.19. The third-order valence-electron chi connectivity index (χ3n) is 4.30. The monoisotopic (exact) mass is 357 g/mol. The quantitative estimate of drug-likeness (QED) is 0.591. The highest BCUT2D eigenvalue weighted by Crippen LogP contribution is 2.20. The van der Waals surface area contributed by atoms with Gasteiger partial charge in [0.2, 0.25) is 0 Å². The summed E-state index contributed by atoms with van der Waals surface area (Å²) in [6.45, 7) is 8.76. The predicted octanol–water partition coefficient (Wildman–Crippen LogP) is 2.66. The number of rotatable bonds is 7. The molecule has 1 aromatic carbocycles. The van der Waals surface area contributed by atoms with E-state index in [-0.39, 0.29) is 11.5 Å². The zero-order valence-electron chi connectivity index (χ0n) is 16.5. The van der Waals surface area contributed by atoms with Crippen molar-refractivity contribution in [2.24, 2.45) is 10.4 Å². The van der Waals surface area contributed by atoms with Gasteiger partial charge in [0.05, 0.1) is 12.4 Å². The minimum absolute atomic E-state index is 0.0717. The molecule has 0 saturated carbocycles. The fraction of sp³-hybridized carbons (Fsp3) is 0.500. The SMILES string of the molecule is CN=C(NCc1cccc(Cn2ccnc2)c1)NCC(OC)C(C)(C)C. The standard InChI is InChI=1S/C20H31N5O/c1-20(2,3)18(26-5)13-24-19(21-4)23-12-16-7-6-8-17(11-16)14-25-10-9-22-15-25/h6-11,15,18H,12-14H2,1-5H3,(H2,21,23,24). The number of ether oxygens (including phenoxy) is 1. The summed E-state index contributed by atoms with van der Waals surface area (Å²) in [5, 5.41) is 6.72. The van der Waals surface area contributed by atoms with E-state index in [1.807, 2.05) is 12.5 Å². The number of hydrogen-bond acceptors (Lipinski definition) is 3. The van der Waals surface area contributed by atoms with E-state index in [0.717, 1.165) is 12.5 Å². The summed E-state index contributed by atoms with van der Waals surface area (Å²) < 4.78 is 7.65. The number of aliphatic imine (C=N–C) groups is 1. The number of hydrogen-bond donors (Lipinski definition) is 2. The van der Waals surface area contributed by atoms with E-state index in [1.165, 1.54) is 11.1 Å². The molecule has 0 saturated heterocycles. The van der Waals surface area contributed by atoms with Crippen molar-refractivity contribution in [1.82, 2.24) is 20.2 Å². The molecule has 0 aliphatic carbocycles. The second kappa shape index (κ2) is 9.38. The molecule has 0 bridgehead atoms. The van der Waals surface area contributed by atoms with Crippen LogP contribution in [-0.2, 0) is 17.8 Å². The average Bonchev–Trinajstić information content (AvgIpc) is 3.10. The van der Waals surface area contributed by atoms with Crippen LogP contribution in [0, 0.1) is 5.41 Å². The first-order valence-electron chi connectivity index (χ1n) is 8.93. The van der Waals surface area contributed by atoms with Gasteiger partial charge in [-0.3, -0.25) is 4.99 Å². The van der Waals surface area contributed by atoms with Gasteiger partial charge in [-0.15, -0.1) is 0 Å². The van der Waals surface area contributed by atoms with Crippen LogP contribution in [0.15, 0.2) is 48.0 Å². The lowest BCUT2D eigenvalue weighted by Gasteiger charge is -2.30. The topological polar surface area (TPSA) is 63.5 Å². The van der Waals surface area contributed by atoms with Crippen molar-refractivity contribution < 1.29 is 4.74 Å². The molecule has 6 nitrogen and oxygen atoms in total. The molecule has 0 amide bonds. The van der Waals surface area contributed by atoms with Crippen LogP contribution in [0.1, 0.15) is 31.9 Å². The van der Waals surface area contributed by atoms with Gasteiger partial charge >= 0.3 is 0 Å². The lowest BCUT2D eigenvalue weighted by molar-refractivity contribution is 0.0205. The molecular formula is C20H31N5O. The van der Waals surface area contributed by atoms with Gasteiger partial charge in [0.1, 0.15) is 0 Å². The molecule has 0 aliphatic rings. The number of methoxy groups -OCH3 is 1. The Labute approximate surface area is 156 Å².